The summed E-state index contributed by atoms with van der Waals surface area (Å²) in [7, 11) is 0. The van der Waals surface area contributed by atoms with Gasteiger partial charge in [-0.05, 0) is 42.1 Å². The molecule has 0 radical (unpaired) electrons. The molecule has 3 rings (SSSR count). The van der Waals surface area contributed by atoms with Crippen molar-refractivity contribution in [1.29, 1.82) is 0 Å². The molecule has 106 valence electrons. The first-order chi connectivity index (χ1) is 10.1. The molecule has 0 atom stereocenters. The highest BCUT2D eigenvalue weighted by molar-refractivity contribution is 9.10. The van der Waals surface area contributed by atoms with Gasteiger partial charge in [-0.3, -0.25) is 0 Å². The molecule has 1 N–H and O–H groups in total. The second kappa shape index (κ2) is 5.37. The van der Waals surface area contributed by atoms with Crippen LogP contribution in [-0.4, -0.2) is 15.6 Å². The number of rotatable bonds is 3. The van der Waals surface area contributed by atoms with Crippen LogP contribution in [0.5, 0.6) is 0 Å². The van der Waals surface area contributed by atoms with Crippen LogP contribution in [-0.2, 0) is 6.54 Å². The van der Waals surface area contributed by atoms with Crippen molar-refractivity contribution in [3.05, 3.63) is 69.8 Å². The van der Waals surface area contributed by atoms with Gasteiger partial charge in [0.15, 0.2) is 0 Å². The summed E-state index contributed by atoms with van der Waals surface area (Å²) in [6, 6.07) is 15.6. The van der Waals surface area contributed by atoms with E-state index in [1.165, 1.54) is 16.6 Å². The lowest BCUT2D eigenvalue weighted by Crippen LogP contribution is -2.03. The largest absolute Gasteiger partial charge is 0.478 e. The monoisotopic (exact) mass is 343 g/mol. The van der Waals surface area contributed by atoms with E-state index in [1.54, 1.807) is 12.1 Å². The number of carbonyl (C=O) groups is 1. The van der Waals surface area contributed by atoms with E-state index in [9.17, 15) is 4.79 Å². The maximum absolute atomic E-state index is 11.0. The topological polar surface area (TPSA) is 42.2 Å². The molecule has 0 amide bonds. The zero-order chi connectivity index (χ0) is 15.0. The van der Waals surface area contributed by atoms with E-state index >= 15 is 0 Å². The van der Waals surface area contributed by atoms with Gasteiger partial charge in [-0.15, -0.1) is 0 Å². The molecule has 3 aromatic rings. The molecule has 0 spiro atoms. The van der Waals surface area contributed by atoms with E-state index < -0.39 is 5.97 Å². The molecule has 21 heavy (non-hydrogen) atoms. The predicted octanol–water partition coefficient (Wildman–Crippen LogP) is 4.46. The number of halogens is 1. The van der Waals surface area contributed by atoms with Crippen LogP contribution in [0.15, 0.2) is 53.0 Å². The molecule has 0 aliphatic rings. The van der Waals surface area contributed by atoms with Gasteiger partial charge in [-0.1, -0.05) is 40.2 Å². The Morgan fingerprint density at radius 3 is 2.67 bits per heavy atom. The van der Waals surface area contributed by atoms with Crippen molar-refractivity contribution in [3.8, 4) is 0 Å². The lowest BCUT2D eigenvalue weighted by atomic mass is 10.1. The van der Waals surface area contributed by atoms with Crippen LogP contribution < -0.4 is 0 Å². The standard InChI is InChI=1S/C17H14BrNO2/c1-11-8-12-4-2-3-5-16(12)19(11)10-14-7-6-13(17(20)21)9-15(14)18/h2-9H,10H2,1H3,(H,20,21). The number of fused-ring (bicyclic) bond motifs is 1. The van der Waals surface area contributed by atoms with Gasteiger partial charge < -0.3 is 9.67 Å². The molecule has 1 aromatic heterocycles. The van der Waals surface area contributed by atoms with Gasteiger partial charge in [0.1, 0.15) is 0 Å². The molecular weight excluding hydrogens is 330 g/mol. The van der Waals surface area contributed by atoms with Crippen LogP contribution in [0.25, 0.3) is 10.9 Å². The first-order valence-electron chi connectivity index (χ1n) is 6.63. The number of nitrogens with zero attached hydrogens (tertiary/aromatic N) is 1. The fourth-order valence-electron chi connectivity index (χ4n) is 2.54. The zero-order valence-corrected chi connectivity index (χ0v) is 13.1. The Labute approximate surface area is 131 Å². The summed E-state index contributed by atoms with van der Waals surface area (Å²) in [6.07, 6.45) is 0. The summed E-state index contributed by atoms with van der Waals surface area (Å²) >= 11 is 3.47. The van der Waals surface area contributed by atoms with Gasteiger partial charge >= 0.3 is 5.97 Å². The van der Waals surface area contributed by atoms with Crippen LogP contribution in [0.3, 0.4) is 0 Å². The van der Waals surface area contributed by atoms with E-state index in [0.29, 0.717) is 12.1 Å². The van der Waals surface area contributed by atoms with Crippen molar-refractivity contribution in [1.82, 2.24) is 4.57 Å². The lowest BCUT2D eigenvalue weighted by molar-refractivity contribution is 0.0697. The van der Waals surface area contributed by atoms with Gasteiger partial charge in [-0.2, -0.15) is 0 Å². The van der Waals surface area contributed by atoms with E-state index in [0.717, 1.165) is 10.0 Å². The number of hydrogen-bond acceptors (Lipinski definition) is 1. The SMILES string of the molecule is Cc1cc2ccccc2n1Cc1ccc(C(=O)O)cc1Br. The number of aryl methyl sites for hydroxylation is 1. The Kier molecular flexibility index (Phi) is 3.55. The fraction of sp³-hybridized carbons (Fsp3) is 0.118. The number of para-hydroxylation sites is 1. The summed E-state index contributed by atoms with van der Waals surface area (Å²) < 4.78 is 3.05. The Morgan fingerprint density at radius 1 is 1.19 bits per heavy atom. The number of carboxylic acid groups (broad SMARTS) is 1. The number of aromatic carboxylic acids is 1. The third-order valence-corrected chi connectivity index (χ3v) is 4.38. The number of carboxylic acids is 1. The summed E-state index contributed by atoms with van der Waals surface area (Å²) in [5, 5.41) is 10.2. The van der Waals surface area contributed by atoms with Crippen molar-refractivity contribution < 1.29 is 9.90 Å². The Hall–Kier alpha value is -2.07. The second-order valence-corrected chi connectivity index (χ2v) is 5.90. The van der Waals surface area contributed by atoms with Crippen LogP contribution in [0.2, 0.25) is 0 Å². The van der Waals surface area contributed by atoms with Crippen molar-refractivity contribution in [2.45, 2.75) is 13.5 Å². The maximum atomic E-state index is 11.0. The molecule has 2 aromatic carbocycles. The van der Waals surface area contributed by atoms with Crippen LogP contribution >= 0.6 is 15.9 Å². The second-order valence-electron chi connectivity index (χ2n) is 5.04. The number of aromatic nitrogens is 1. The van der Waals surface area contributed by atoms with E-state index in [2.05, 4.69) is 45.6 Å². The van der Waals surface area contributed by atoms with Gasteiger partial charge in [0.2, 0.25) is 0 Å². The van der Waals surface area contributed by atoms with E-state index in [-0.39, 0.29) is 0 Å². The molecular formula is C17H14BrNO2. The number of hydrogen-bond donors (Lipinski definition) is 1. The Morgan fingerprint density at radius 2 is 1.95 bits per heavy atom. The summed E-state index contributed by atoms with van der Waals surface area (Å²) in [5.41, 5.74) is 3.72. The van der Waals surface area contributed by atoms with Crippen molar-refractivity contribution in [2.24, 2.45) is 0 Å². The minimum Gasteiger partial charge on any atom is -0.478 e. The normalized spacial score (nSPS) is 11.0. The minimum absolute atomic E-state index is 0.291. The Balaban J connectivity index is 2.03. The Bertz CT molecular complexity index is 836. The highest BCUT2D eigenvalue weighted by Gasteiger charge is 2.10. The highest BCUT2D eigenvalue weighted by atomic mass is 79.9. The van der Waals surface area contributed by atoms with Gasteiger partial charge in [0, 0.05) is 22.2 Å². The zero-order valence-electron chi connectivity index (χ0n) is 11.5. The fourth-order valence-corrected chi connectivity index (χ4v) is 3.04. The molecule has 0 fully saturated rings. The quantitative estimate of drug-likeness (QED) is 0.762. The molecule has 1 heterocycles. The van der Waals surface area contributed by atoms with E-state index in [1.807, 2.05) is 18.2 Å². The molecule has 0 aliphatic heterocycles. The van der Waals surface area contributed by atoms with Crippen LogP contribution in [0, 0.1) is 6.92 Å². The summed E-state index contributed by atoms with van der Waals surface area (Å²) in [5.74, 6) is -0.912. The molecule has 4 heteroatoms. The number of benzene rings is 2. The average Bonchev–Trinajstić information content (AvgIpc) is 2.77. The smallest absolute Gasteiger partial charge is 0.335 e. The third-order valence-electron chi connectivity index (χ3n) is 3.65. The molecule has 0 unspecified atom stereocenters. The lowest BCUT2D eigenvalue weighted by Gasteiger charge is -2.11. The van der Waals surface area contributed by atoms with Gasteiger partial charge in [-0.25, -0.2) is 4.79 Å². The minimum atomic E-state index is -0.912. The van der Waals surface area contributed by atoms with Gasteiger partial charge in [0.05, 0.1) is 5.56 Å². The maximum Gasteiger partial charge on any atom is 0.335 e. The average molecular weight is 344 g/mol. The first kappa shape index (κ1) is 13.9. The summed E-state index contributed by atoms with van der Waals surface area (Å²) in [4.78, 5) is 11.0. The molecule has 3 nitrogen and oxygen atoms in total. The summed E-state index contributed by atoms with van der Waals surface area (Å²) in [6.45, 7) is 2.79. The van der Waals surface area contributed by atoms with Gasteiger partial charge in [0.25, 0.3) is 0 Å². The van der Waals surface area contributed by atoms with Crippen molar-refractivity contribution >= 4 is 32.8 Å². The molecule has 0 saturated carbocycles. The van der Waals surface area contributed by atoms with Crippen molar-refractivity contribution in [2.75, 3.05) is 0 Å². The predicted molar refractivity (Wildman–Crippen MR) is 86.9 cm³/mol. The highest BCUT2D eigenvalue weighted by Crippen LogP contribution is 2.24. The van der Waals surface area contributed by atoms with E-state index in [4.69, 9.17) is 5.11 Å². The third kappa shape index (κ3) is 2.59. The molecule has 0 bridgehead atoms. The van der Waals surface area contributed by atoms with Crippen molar-refractivity contribution in [3.63, 3.8) is 0 Å². The molecule has 0 saturated heterocycles. The van der Waals surface area contributed by atoms with Crippen LogP contribution in [0.4, 0.5) is 0 Å². The first-order valence-corrected chi connectivity index (χ1v) is 7.42. The van der Waals surface area contributed by atoms with Crippen LogP contribution in [0.1, 0.15) is 21.6 Å². The molecule has 0 aliphatic carbocycles.